The summed E-state index contributed by atoms with van der Waals surface area (Å²) in [7, 11) is 0. The number of morpholine rings is 1. The van der Waals surface area contributed by atoms with Gasteiger partial charge in [0.05, 0.1) is 43.4 Å². The predicted octanol–water partition coefficient (Wildman–Crippen LogP) is 5.12. The van der Waals surface area contributed by atoms with E-state index in [1.54, 1.807) is 18.3 Å². The fraction of sp³-hybridized carbons (Fsp3) is 0.308. The van der Waals surface area contributed by atoms with Gasteiger partial charge in [0.1, 0.15) is 16.5 Å². The lowest BCUT2D eigenvalue weighted by atomic mass is 10.2. The first kappa shape index (κ1) is 23.9. The molecule has 1 aromatic heterocycles. The zero-order valence-electron chi connectivity index (χ0n) is 19.5. The molecule has 178 valence electrons. The Labute approximate surface area is 204 Å². The van der Waals surface area contributed by atoms with Crippen LogP contribution in [-0.4, -0.2) is 50.4 Å². The second-order valence-corrected chi connectivity index (χ2v) is 8.57. The van der Waals surface area contributed by atoms with Crippen LogP contribution in [0.1, 0.15) is 24.2 Å². The van der Waals surface area contributed by atoms with Crippen LogP contribution in [0.2, 0.25) is 0 Å². The Kier molecular flexibility index (Phi) is 8.27. The minimum atomic E-state index is -0.256. The van der Waals surface area contributed by atoms with Crippen LogP contribution in [0.3, 0.4) is 0 Å². The van der Waals surface area contributed by atoms with E-state index in [0.29, 0.717) is 54.2 Å². The van der Waals surface area contributed by atoms with Gasteiger partial charge in [-0.25, -0.2) is 4.98 Å². The van der Waals surface area contributed by atoms with Crippen molar-refractivity contribution in [2.75, 3.05) is 49.7 Å². The van der Waals surface area contributed by atoms with Gasteiger partial charge in [-0.1, -0.05) is 30.0 Å². The summed E-state index contributed by atoms with van der Waals surface area (Å²) < 4.78 is 17.4. The monoisotopic (exact) mass is 479 g/mol. The van der Waals surface area contributed by atoms with Crippen LogP contribution in [0.15, 0.2) is 70.7 Å². The van der Waals surface area contributed by atoms with Gasteiger partial charge in [-0.05, 0) is 38.1 Å². The number of pyridine rings is 1. The second kappa shape index (κ2) is 11.8. The van der Waals surface area contributed by atoms with Gasteiger partial charge in [-0.15, -0.1) is 0 Å². The highest BCUT2D eigenvalue weighted by Gasteiger charge is 2.22. The van der Waals surface area contributed by atoms with Crippen LogP contribution in [0.4, 0.5) is 11.4 Å². The van der Waals surface area contributed by atoms with Crippen LogP contribution < -0.4 is 19.7 Å². The van der Waals surface area contributed by atoms with E-state index in [0.717, 1.165) is 23.7 Å². The Morgan fingerprint density at radius 2 is 1.76 bits per heavy atom. The number of nitrogens with one attached hydrogen (secondary N) is 1. The molecule has 0 spiro atoms. The Morgan fingerprint density at radius 1 is 1.03 bits per heavy atom. The molecule has 0 atom stereocenters. The highest BCUT2D eigenvalue weighted by molar-refractivity contribution is 7.99. The normalized spacial score (nSPS) is 13.4. The van der Waals surface area contributed by atoms with Crippen LogP contribution in [0.5, 0.6) is 11.5 Å². The molecule has 4 rings (SSSR count). The van der Waals surface area contributed by atoms with Gasteiger partial charge >= 0.3 is 0 Å². The molecule has 3 aromatic rings. The quantitative estimate of drug-likeness (QED) is 0.457. The Balaban J connectivity index is 1.64. The number of carbonyl (C=O) groups excluding carboxylic acids is 1. The van der Waals surface area contributed by atoms with Crippen molar-refractivity contribution in [1.82, 2.24) is 4.98 Å². The summed E-state index contributed by atoms with van der Waals surface area (Å²) in [6.45, 7) is 7.72. The van der Waals surface area contributed by atoms with E-state index in [4.69, 9.17) is 14.2 Å². The van der Waals surface area contributed by atoms with Crippen molar-refractivity contribution in [2.45, 2.75) is 23.8 Å². The second-order valence-electron chi connectivity index (χ2n) is 7.51. The number of amides is 1. The smallest absolute Gasteiger partial charge is 0.258 e. The number of aromatic nitrogens is 1. The van der Waals surface area contributed by atoms with Gasteiger partial charge in [0.15, 0.2) is 0 Å². The van der Waals surface area contributed by atoms with Crippen LogP contribution in [0.25, 0.3) is 0 Å². The molecule has 1 aliphatic rings. The van der Waals surface area contributed by atoms with Gasteiger partial charge in [-0.2, -0.15) is 0 Å². The minimum absolute atomic E-state index is 0.256. The van der Waals surface area contributed by atoms with Crippen molar-refractivity contribution in [2.24, 2.45) is 0 Å². The molecular formula is C26H29N3O4S. The molecule has 0 bridgehead atoms. The summed E-state index contributed by atoms with van der Waals surface area (Å²) in [5.74, 6) is 1.05. The molecular weight excluding hydrogens is 450 g/mol. The summed E-state index contributed by atoms with van der Waals surface area (Å²) in [6, 6.07) is 17.2. The fourth-order valence-corrected chi connectivity index (χ4v) is 4.58. The van der Waals surface area contributed by atoms with E-state index in [1.165, 1.54) is 11.8 Å². The maximum Gasteiger partial charge on any atom is 0.258 e. The van der Waals surface area contributed by atoms with E-state index in [1.807, 2.05) is 56.3 Å². The van der Waals surface area contributed by atoms with Crippen molar-refractivity contribution in [3.05, 3.63) is 66.4 Å². The summed E-state index contributed by atoms with van der Waals surface area (Å²) in [4.78, 5) is 21.0. The molecule has 0 unspecified atom stereocenters. The number of carbonyl (C=O) groups is 1. The average molecular weight is 480 g/mol. The molecule has 0 saturated carbocycles. The molecule has 1 N–H and O–H groups in total. The van der Waals surface area contributed by atoms with E-state index in [9.17, 15) is 4.79 Å². The van der Waals surface area contributed by atoms with Gasteiger partial charge in [0, 0.05) is 36.3 Å². The lowest BCUT2D eigenvalue weighted by Gasteiger charge is -2.31. The van der Waals surface area contributed by atoms with E-state index >= 15 is 0 Å². The third-order valence-corrected chi connectivity index (χ3v) is 6.26. The Hall–Kier alpha value is -3.23. The number of ether oxygens (including phenoxy) is 3. The average Bonchev–Trinajstić information content (AvgIpc) is 2.87. The van der Waals surface area contributed by atoms with Crippen molar-refractivity contribution in [3.63, 3.8) is 0 Å². The molecule has 2 heterocycles. The largest absolute Gasteiger partial charge is 0.492 e. The topological polar surface area (TPSA) is 72.9 Å². The molecule has 7 nitrogen and oxygen atoms in total. The first-order chi connectivity index (χ1) is 16.7. The highest BCUT2D eigenvalue weighted by Crippen LogP contribution is 2.40. The molecule has 8 heteroatoms. The minimum Gasteiger partial charge on any atom is -0.492 e. The van der Waals surface area contributed by atoms with Gasteiger partial charge < -0.3 is 24.4 Å². The zero-order valence-corrected chi connectivity index (χ0v) is 20.3. The molecule has 0 aliphatic carbocycles. The van der Waals surface area contributed by atoms with Gasteiger partial charge in [0.2, 0.25) is 0 Å². The van der Waals surface area contributed by atoms with Gasteiger partial charge in [-0.3, -0.25) is 4.79 Å². The first-order valence-electron chi connectivity index (χ1n) is 11.4. The summed E-state index contributed by atoms with van der Waals surface area (Å²) in [5.41, 5.74) is 1.99. The lowest BCUT2D eigenvalue weighted by molar-refractivity contribution is 0.102. The van der Waals surface area contributed by atoms with Crippen molar-refractivity contribution in [1.29, 1.82) is 0 Å². The standard InChI is InChI=1S/C26H29N3O4S/c1-3-32-23-18-22(29-13-15-31-16-14-29)24(33-4-2)17-21(23)28-25(30)20-11-8-12-27-26(20)34-19-9-6-5-7-10-19/h5-12,17-18H,3-4,13-16H2,1-2H3,(H,28,30). The van der Waals surface area contributed by atoms with Crippen molar-refractivity contribution in [3.8, 4) is 11.5 Å². The van der Waals surface area contributed by atoms with Crippen LogP contribution in [0, 0.1) is 0 Å². The van der Waals surface area contributed by atoms with Crippen LogP contribution in [-0.2, 0) is 4.74 Å². The number of rotatable bonds is 9. The number of hydrogen-bond donors (Lipinski definition) is 1. The fourth-order valence-electron chi connectivity index (χ4n) is 3.68. The number of nitrogens with zero attached hydrogens (tertiary/aromatic N) is 2. The zero-order chi connectivity index (χ0) is 23.8. The molecule has 34 heavy (non-hydrogen) atoms. The predicted molar refractivity (Wildman–Crippen MR) is 135 cm³/mol. The molecule has 0 radical (unpaired) electrons. The Morgan fingerprint density at radius 3 is 2.50 bits per heavy atom. The molecule has 1 saturated heterocycles. The van der Waals surface area contributed by atoms with Crippen molar-refractivity contribution >= 4 is 29.0 Å². The number of anilines is 2. The van der Waals surface area contributed by atoms with Gasteiger partial charge in [0.25, 0.3) is 5.91 Å². The maximum atomic E-state index is 13.3. The molecule has 1 amide bonds. The molecule has 1 fully saturated rings. The number of benzene rings is 2. The summed E-state index contributed by atoms with van der Waals surface area (Å²) >= 11 is 1.45. The third-order valence-electron chi connectivity index (χ3n) is 5.23. The summed E-state index contributed by atoms with van der Waals surface area (Å²) in [5, 5.41) is 3.66. The Bertz CT molecular complexity index is 1100. The van der Waals surface area contributed by atoms with Crippen LogP contribution >= 0.6 is 11.8 Å². The maximum absolute atomic E-state index is 13.3. The van der Waals surface area contributed by atoms with E-state index < -0.39 is 0 Å². The molecule has 1 aliphatic heterocycles. The lowest BCUT2D eigenvalue weighted by Crippen LogP contribution is -2.36. The van der Waals surface area contributed by atoms with E-state index in [2.05, 4.69) is 15.2 Å². The molecule has 2 aromatic carbocycles. The van der Waals surface area contributed by atoms with Crippen molar-refractivity contribution < 1.29 is 19.0 Å². The SMILES string of the molecule is CCOc1cc(N2CCOCC2)c(OCC)cc1NC(=O)c1cccnc1Sc1ccccc1. The third kappa shape index (κ3) is 5.81. The number of hydrogen-bond acceptors (Lipinski definition) is 7. The first-order valence-corrected chi connectivity index (χ1v) is 12.3. The summed E-state index contributed by atoms with van der Waals surface area (Å²) in [6.07, 6.45) is 1.69. The van der Waals surface area contributed by atoms with E-state index in [-0.39, 0.29) is 5.91 Å². The highest BCUT2D eigenvalue weighted by atomic mass is 32.2.